The molecular formula is C30H48N2O7Si2. The van der Waals surface area contributed by atoms with Crippen LogP contribution >= 0.6 is 0 Å². The van der Waals surface area contributed by atoms with Crippen LogP contribution in [0.5, 0.6) is 0 Å². The van der Waals surface area contributed by atoms with Crippen molar-refractivity contribution in [3.05, 3.63) is 70.4 Å². The highest BCUT2D eigenvalue weighted by Crippen LogP contribution is 2.26. The SMILES string of the molecule is C=C(COC(=O)C(=CC=CN(C)C)C(C)=O)[Si](C)(C)O[Si](C)(C)C(=C)COC(=O)C(C(C)=O)=C(C)C=C(C)N(C)C. The smallest absolute Gasteiger partial charge is 0.342 e. The first kappa shape index (κ1) is 37.7. The van der Waals surface area contributed by atoms with Crippen molar-refractivity contribution in [1.82, 2.24) is 9.80 Å². The van der Waals surface area contributed by atoms with Gasteiger partial charge in [0.25, 0.3) is 0 Å². The van der Waals surface area contributed by atoms with E-state index in [1.807, 2.05) is 66.2 Å². The lowest BCUT2D eigenvalue weighted by atomic mass is 10.1. The molecule has 0 aromatic rings. The van der Waals surface area contributed by atoms with E-state index in [1.54, 1.807) is 30.2 Å². The summed E-state index contributed by atoms with van der Waals surface area (Å²) in [6.45, 7) is 21.9. The fraction of sp³-hybridized carbons (Fsp3) is 0.467. The molecule has 0 bridgehead atoms. The third-order valence-corrected chi connectivity index (χ3v) is 14.1. The number of Topliss-reactive ketones (excluding diaryl/α,β-unsaturated/α-hetero) is 2. The topological polar surface area (TPSA) is 102 Å². The summed E-state index contributed by atoms with van der Waals surface area (Å²) in [6.07, 6.45) is 6.48. The number of ether oxygens (including phenoxy) is 2. The van der Waals surface area contributed by atoms with Gasteiger partial charge in [-0.1, -0.05) is 13.2 Å². The quantitative estimate of drug-likeness (QED) is 0.0622. The van der Waals surface area contributed by atoms with Crippen LogP contribution in [0.4, 0.5) is 0 Å². The van der Waals surface area contributed by atoms with Gasteiger partial charge < -0.3 is 23.4 Å². The average molecular weight is 605 g/mol. The van der Waals surface area contributed by atoms with E-state index >= 15 is 0 Å². The molecule has 0 aromatic heterocycles. The molecule has 11 heteroatoms. The van der Waals surface area contributed by atoms with E-state index < -0.39 is 34.4 Å². The maximum atomic E-state index is 12.9. The number of ketones is 2. The molecule has 0 aliphatic heterocycles. The summed E-state index contributed by atoms with van der Waals surface area (Å²) in [7, 11) is 2.12. The van der Waals surface area contributed by atoms with Gasteiger partial charge in [-0.15, -0.1) is 0 Å². The zero-order chi connectivity index (χ0) is 32.3. The van der Waals surface area contributed by atoms with Gasteiger partial charge in [-0.3, -0.25) is 9.59 Å². The monoisotopic (exact) mass is 604 g/mol. The van der Waals surface area contributed by atoms with Gasteiger partial charge >= 0.3 is 11.9 Å². The highest BCUT2D eigenvalue weighted by Gasteiger charge is 2.38. The molecule has 0 saturated carbocycles. The van der Waals surface area contributed by atoms with E-state index in [1.165, 1.54) is 19.9 Å². The molecule has 0 heterocycles. The molecule has 0 aliphatic rings. The minimum Gasteiger partial charge on any atom is -0.458 e. The molecule has 0 amide bonds. The van der Waals surface area contributed by atoms with Gasteiger partial charge in [-0.05, 0) is 94.3 Å². The molecule has 228 valence electrons. The summed E-state index contributed by atoms with van der Waals surface area (Å²) in [5.74, 6) is -2.24. The van der Waals surface area contributed by atoms with Crippen molar-refractivity contribution in [2.75, 3.05) is 41.4 Å². The highest BCUT2D eigenvalue weighted by molar-refractivity contribution is 6.91. The summed E-state index contributed by atoms with van der Waals surface area (Å²) in [6, 6.07) is 0. The molecule has 0 saturated heterocycles. The summed E-state index contributed by atoms with van der Waals surface area (Å²) >= 11 is 0. The third-order valence-electron chi connectivity index (χ3n) is 6.30. The molecule has 41 heavy (non-hydrogen) atoms. The molecule has 0 radical (unpaired) electrons. The van der Waals surface area contributed by atoms with Crippen molar-refractivity contribution in [3.63, 3.8) is 0 Å². The molecule has 0 aliphatic carbocycles. The first-order valence-corrected chi connectivity index (χ1v) is 19.0. The van der Waals surface area contributed by atoms with Gasteiger partial charge in [0.15, 0.2) is 11.6 Å². The van der Waals surface area contributed by atoms with Crippen LogP contribution in [0.2, 0.25) is 26.2 Å². The summed E-state index contributed by atoms with van der Waals surface area (Å²) in [5.41, 5.74) is 1.32. The van der Waals surface area contributed by atoms with E-state index in [0.717, 1.165) is 5.70 Å². The van der Waals surface area contributed by atoms with Crippen molar-refractivity contribution in [2.24, 2.45) is 0 Å². The Labute approximate surface area is 248 Å². The standard InChI is InChI=1S/C30H48N2O7Si2/c1-21(18-22(2)32(9)10)28(26(6)34)30(36)38-20-24(4)41(13,14)39-40(11,12)23(3)19-37-29(35)27(25(5)33)16-15-17-31(7)8/h15-18H,3-4,19-20H2,1-2,5-14H3. The fourth-order valence-electron chi connectivity index (χ4n) is 3.32. The van der Waals surface area contributed by atoms with Crippen molar-refractivity contribution < 1.29 is 32.8 Å². The summed E-state index contributed by atoms with van der Waals surface area (Å²) < 4.78 is 17.4. The van der Waals surface area contributed by atoms with Crippen LogP contribution in [0.25, 0.3) is 0 Å². The van der Waals surface area contributed by atoms with Crippen LogP contribution in [0.3, 0.4) is 0 Å². The van der Waals surface area contributed by atoms with E-state index in [2.05, 4.69) is 13.2 Å². The van der Waals surface area contributed by atoms with Gasteiger partial charge in [-0.2, -0.15) is 0 Å². The Balaban J connectivity index is 5.47. The molecule has 0 rings (SSSR count). The fourth-order valence-corrected chi connectivity index (χ4v) is 10.4. The van der Waals surface area contributed by atoms with Crippen molar-refractivity contribution >= 4 is 40.1 Å². The second-order valence-corrected chi connectivity index (χ2v) is 19.5. The van der Waals surface area contributed by atoms with Crippen LogP contribution in [0.15, 0.2) is 70.4 Å². The van der Waals surface area contributed by atoms with Gasteiger partial charge in [0.05, 0.1) is 0 Å². The van der Waals surface area contributed by atoms with E-state index in [0.29, 0.717) is 16.0 Å². The Morgan fingerprint density at radius 2 is 1.22 bits per heavy atom. The maximum absolute atomic E-state index is 12.9. The number of carbonyl (C=O) groups is 4. The first-order chi connectivity index (χ1) is 18.6. The van der Waals surface area contributed by atoms with Crippen LogP contribution < -0.4 is 0 Å². The lowest BCUT2D eigenvalue weighted by Gasteiger charge is -2.36. The van der Waals surface area contributed by atoms with E-state index in [9.17, 15) is 19.2 Å². The zero-order valence-corrected chi connectivity index (χ0v) is 28.9. The minimum atomic E-state index is -2.64. The number of allylic oxidation sites excluding steroid dienone is 5. The van der Waals surface area contributed by atoms with E-state index in [-0.39, 0.29) is 30.1 Å². The number of esters is 2. The van der Waals surface area contributed by atoms with Gasteiger partial charge in [0.1, 0.15) is 24.4 Å². The normalized spacial score (nSPS) is 13.4. The number of nitrogens with zero attached hydrogens (tertiary/aromatic N) is 2. The minimum absolute atomic E-state index is 0.0134. The number of hydrogen-bond donors (Lipinski definition) is 0. The van der Waals surface area contributed by atoms with Crippen LogP contribution in [0, 0.1) is 0 Å². The van der Waals surface area contributed by atoms with Crippen LogP contribution in [0.1, 0.15) is 27.7 Å². The molecule has 0 spiro atoms. The van der Waals surface area contributed by atoms with Crippen molar-refractivity contribution in [2.45, 2.75) is 53.9 Å². The molecule has 0 fully saturated rings. The predicted octanol–water partition coefficient (Wildman–Crippen LogP) is 4.65. The Morgan fingerprint density at radius 1 is 0.756 bits per heavy atom. The lowest BCUT2D eigenvalue weighted by Crippen LogP contribution is -2.48. The number of rotatable bonds is 16. The van der Waals surface area contributed by atoms with Gasteiger partial charge in [0, 0.05) is 33.9 Å². The second-order valence-electron chi connectivity index (χ2n) is 11.2. The largest absolute Gasteiger partial charge is 0.458 e. The van der Waals surface area contributed by atoms with Gasteiger partial charge in [-0.25, -0.2) is 9.59 Å². The lowest BCUT2D eigenvalue weighted by molar-refractivity contribution is -0.140. The average Bonchev–Trinajstić information content (AvgIpc) is 2.81. The van der Waals surface area contributed by atoms with Gasteiger partial charge in [0.2, 0.25) is 16.6 Å². The van der Waals surface area contributed by atoms with Crippen molar-refractivity contribution in [1.29, 1.82) is 0 Å². The Morgan fingerprint density at radius 3 is 1.61 bits per heavy atom. The Hall–Kier alpha value is -3.29. The molecule has 0 N–H and O–H groups in total. The molecule has 0 unspecified atom stereocenters. The summed E-state index contributed by atoms with van der Waals surface area (Å²) in [4.78, 5) is 53.3. The zero-order valence-electron chi connectivity index (χ0n) is 26.9. The number of hydrogen-bond acceptors (Lipinski definition) is 9. The predicted molar refractivity (Wildman–Crippen MR) is 169 cm³/mol. The Kier molecular flexibility index (Phi) is 14.9. The number of carbonyl (C=O) groups excluding carboxylic acids is 4. The molecule has 9 nitrogen and oxygen atoms in total. The highest BCUT2D eigenvalue weighted by atomic mass is 28.4. The van der Waals surface area contributed by atoms with Crippen LogP contribution in [-0.4, -0.2) is 91.3 Å². The molecule has 0 atom stereocenters. The third kappa shape index (κ3) is 12.8. The molecule has 0 aromatic carbocycles. The Bertz CT molecular complexity index is 1170. The van der Waals surface area contributed by atoms with E-state index in [4.69, 9.17) is 13.6 Å². The maximum Gasteiger partial charge on any atom is 0.342 e. The second kappa shape index (κ2) is 16.2. The van der Waals surface area contributed by atoms with Crippen molar-refractivity contribution in [3.8, 4) is 0 Å². The van der Waals surface area contributed by atoms with Crippen LogP contribution in [-0.2, 0) is 32.8 Å². The molecular weight excluding hydrogens is 557 g/mol. The summed E-state index contributed by atoms with van der Waals surface area (Å²) in [5, 5.41) is 1.23. The first-order valence-electron chi connectivity index (χ1n) is 13.2.